The smallest absolute Gasteiger partial charge is 0.228 e. The molecule has 1 aromatic carbocycles. The van der Waals surface area contributed by atoms with Crippen LogP contribution < -0.4 is 15.4 Å². The second-order valence-electron chi connectivity index (χ2n) is 6.31. The fourth-order valence-corrected chi connectivity index (χ4v) is 3.77. The van der Waals surface area contributed by atoms with E-state index in [2.05, 4.69) is 15.4 Å². The lowest BCUT2D eigenvalue weighted by atomic mass is 9.78. The summed E-state index contributed by atoms with van der Waals surface area (Å²) in [6.45, 7) is 0.0179. The number of halogens is 1. The fraction of sp³-hybridized carbons (Fsp3) is 0.529. The number of carbonyl (C=O) groups excluding carboxylic acids is 2. The molecule has 0 heterocycles. The summed E-state index contributed by atoms with van der Waals surface area (Å²) in [4.78, 5) is 25.1. The Morgan fingerprint density at radius 3 is 2.23 bits per heavy atom. The van der Waals surface area contributed by atoms with E-state index in [-0.39, 0.29) is 24.1 Å². The van der Waals surface area contributed by atoms with Gasteiger partial charge in [0.15, 0.2) is 0 Å². The third kappa shape index (κ3) is 5.96. The minimum atomic E-state index is -3.37. The largest absolute Gasteiger partial charge is 0.355 e. The molecule has 0 aromatic heterocycles. The molecule has 2 amide bonds. The number of anilines is 1. The van der Waals surface area contributed by atoms with Crippen molar-refractivity contribution >= 4 is 39.1 Å². The van der Waals surface area contributed by atoms with Gasteiger partial charge < -0.3 is 10.6 Å². The van der Waals surface area contributed by atoms with E-state index >= 15 is 0 Å². The van der Waals surface area contributed by atoms with Gasteiger partial charge in [0.1, 0.15) is 0 Å². The topological polar surface area (TPSA) is 104 Å². The lowest BCUT2D eigenvalue weighted by Gasteiger charge is -2.29. The molecule has 7 nitrogen and oxygen atoms in total. The van der Waals surface area contributed by atoms with Crippen LogP contribution in [-0.2, 0) is 19.6 Å². The maximum Gasteiger partial charge on any atom is 0.228 e. The Bertz CT molecular complexity index is 737. The number of hydrogen-bond donors (Lipinski definition) is 3. The molecule has 26 heavy (non-hydrogen) atoms. The minimum absolute atomic E-state index is 0.0179. The molecular weight excluding hydrogens is 378 g/mol. The van der Waals surface area contributed by atoms with Crippen LogP contribution in [0.4, 0.5) is 5.69 Å². The lowest BCUT2D eigenvalue weighted by Crippen LogP contribution is -2.43. The maximum atomic E-state index is 12.6. The summed E-state index contributed by atoms with van der Waals surface area (Å²) in [5, 5.41) is 6.05. The third-order valence-electron chi connectivity index (χ3n) is 4.53. The maximum absolute atomic E-state index is 12.6. The summed E-state index contributed by atoms with van der Waals surface area (Å²) < 4.78 is 25.0. The summed E-state index contributed by atoms with van der Waals surface area (Å²) in [6, 6.07) is 6.79. The van der Waals surface area contributed by atoms with E-state index in [1.54, 1.807) is 24.3 Å². The Morgan fingerprint density at radius 1 is 1.08 bits per heavy atom. The highest BCUT2D eigenvalue weighted by Gasteiger charge is 2.35. The van der Waals surface area contributed by atoms with Gasteiger partial charge in [-0.05, 0) is 44.2 Å². The third-order valence-corrected chi connectivity index (χ3v) is 6.15. The minimum Gasteiger partial charge on any atom is -0.355 e. The van der Waals surface area contributed by atoms with Crippen molar-refractivity contribution in [1.82, 2.24) is 10.0 Å². The van der Waals surface area contributed by atoms with E-state index < -0.39 is 21.9 Å². The summed E-state index contributed by atoms with van der Waals surface area (Å²) in [5.41, 5.74) is 0.629. The van der Waals surface area contributed by atoms with Gasteiger partial charge in [0, 0.05) is 29.1 Å². The number of nitrogens with one attached hydrogen (secondary N) is 3. The van der Waals surface area contributed by atoms with Crippen LogP contribution >= 0.6 is 11.6 Å². The Balaban J connectivity index is 1.96. The fourth-order valence-electron chi connectivity index (χ4n) is 3.07. The van der Waals surface area contributed by atoms with Gasteiger partial charge in [-0.25, -0.2) is 13.1 Å². The number of rotatable bonds is 7. The van der Waals surface area contributed by atoms with Crippen LogP contribution in [0.5, 0.6) is 0 Å². The van der Waals surface area contributed by atoms with E-state index in [0.29, 0.717) is 23.6 Å². The van der Waals surface area contributed by atoms with Gasteiger partial charge in [-0.15, -0.1) is 0 Å². The molecule has 2 rings (SSSR count). The van der Waals surface area contributed by atoms with Crippen molar-refractivity contribution in [2.75, 3.05) is 24.7 Å². The van der Waals surface area contributed by atoms with Crippen molar-refractivity contribution in [2.24, 2.45) is 11.8 Å². The van der Waals surface area contributed by atoms with Crippen LogP contribution in [0.3, 0.4) is 0 Å². The van der Waals surface area contributed by atoms with E-state index in [1.165, 1.54) is 7.05 Å². The Labute approximate surface area is 158 Å². The molecule has 3 N–H and O–H groups in total. The number of sulfonamides is 1. The molecule has 9 heteroatoms. The molecule has 1 aliphatic carbocycles. The predicted octanol–water partition coefficient (Wildman–Crippen LogP) is 1.75. The molecular formula is C17H24ClN3O4S. The number of hydrogen-bond acceptors (Lipinski definition) is 4. The quantitative estimate of drug-likeness (QED) is 0.647. The standard InChI is InChI=1S/C17H24ClN3O4S/c1-19-26(24,25)11-10-20-16(22)14-4-2-3-5-15(14)17(23)21-13-8-6-12(18)7-9-13/h6-9,14-15,19H,2-5,10-11H2,1H3,(H,20,22)(H,21,23)/t14-,15+/m0/s1. The van der Waals surface area contributed by atoms with Gasteiger partial charge in [-0.3, -0.25) is 9.59 Å². The van der Waals surface area contributed by atoms with Crippen molar-refractivity contribution in [2.45, 2.75) is 25.7 Å². The van der Waals surface area contributed by atoms with Crippen molar-refractivity contribution in [3.63, 3.8) is 0 Å². The average molecular weight is 402 g/mol. The van der Waals surface area contributed by atoms with Gasteiger partial charge in [-0.2, -0.15) is 0 Å². The molecule has 0 bridgehead atoms. The molecule has 0 aliphatic heterocycles. The van der Waals surface area contributed by atoms with E-state index in [9.17, 15) is 18.0 Å². The van der Waals surface area contributed by atoms with Crippen LogP contribution in [0, 0.1) is 11.8 Å². The molecule has 0 radical (unpaired) electrons. The Kier molecular flexibility index (Phi) is 7.43. The normalized spacial score (nSPS) is 20.4. The first kappa shape index (κ1) is 20.7. The highest BCUT2D eigenvalue weighted by Crippen LogP contribution is 2.31. The molecule has 1 aliphatic rings. The first-order valence-corrected chi connectivity index (χ1v) is 10.6. The summed E-state index contributed by atoms with van der Waals surface area (Å²) in [7, 11) is -2.05. The molecule has 0 saturated heterocycles. The Hall–Kier alpha value is -1.64. The second-order valence-corrected chi connectivity index (χ2v) is 8.79. The van der Waals surface area contributed by atoms with Crippen LogP contribution in [0.25, 0.3) is 0 Å². The van der Waals surface area contributed by atoms with E-state index in [4.69, 9.17) is 11.6 Å². The van der Waals surface area contributed by atoms with Gasteiger partial charge in [0.2, 0.25) is 21.8 Å². The second kappa shape index (κ2) is 9.34. The molecule has 1 fully saturated rings. The zero-order chi connectivity index (χ0) is 19.2. The van der Waals surface area contributed by atoms with Crippen LogP contribution in [-0.4, -0.2) is 39.6 Å². The van der Waals surface area contributed by atoms with E-state index in [0.717, 1.165) is 12.8 Å². The van der Waals surface area contributed by atoms with Crippen molar-refractivity contribution in [3.05, 3.63) is 29.3 Å². The van der Waals surface area contributed by atoms with Crippen molar-refractivity contribution in [1.29, 1.82) is 0 Å². The van der Waals surface area contributed by atoms with Crippen LogP contribution in [0.1, 0.15) is 25.7 Å². The molecule has 1 aromatic rings. The SMILES string of the molecule is CNS(=O)(=O)CCNC(=O)[C@H]1CCCC[C@H]1C(=O)Nc1ccc(Cl)cc1. The first-order valence-electron chi connectivity index (χ1n) is 8.58. The Morgan fingerprint density at radius 2 is 1.65 bits per heavy atom. The first-order chi connectivity index (χ1) is 12.3. The zero-order valence-corrected chi connectivity index (χ0v) is 16.2. The van der Waals surface area contributed by atoms with E-state index in [1.807, 2.05) is 0 Å². The monoisotopic (exact) mass is 401 g/mol. The molecule has 2 atom stereocenters. The van der Waals surface area contributed by atoms with Gasteiger partial charge in [0.05, 0.1) is 5.75 Å². The molecule has 1 saturated carbocycles. The van der Waals surface area contributed by atoms with Gasteiger partial charge in [0.25, 0.3) is 0 Å². The summed E-state index contributed by atoms with van der Waals surface area (Å²) in [6.07, 6.45) is 3.00. The van der Waals surface area contributed by atoms with Gasteiger partial charge >= 0.3 is 0 Å². The zero-order valence-electron chi connectivity index (χ0n) is 14.6. The summed E-state index contributed by atoms with van der Waals surface area (Å²) in [5.74, 6) is -1.54. The molecule has 0 spiro atoms. The average Bonchev–Trinajstić information content (AvgIpc) is 2.63. The van der Waals surface area contributed by atoms with Gasteiger partial charge in [-0.1, -0.05) is 24.4 Å². The highest BCUT2D eigenvalue weighted by molar-refractivity contribution is 7.89. The van der Waals surface area contributed by atoms with Crippen LogP contribution in [0.15, 0.2) is 24.3 Å². The lowest BCUT2D eigenvalue weighted by molar-refractivity contribution is -0.133. The van der Waals surface area contributed by atoms with Crippen LogP contribution in [0.2, 0.25) is 5.02 Å². The molecule has 144 valence electrons. The number of amides is 2. The number of benzene rings is 1. The predicted molar refractivity (Wildman–Crippen MR) is 101 cm³/mol. The summed E-state index contributed by atoms with van der Waals surface area (Å²) >= 11 is 5.84. The highest BCUT2D eigenvalue weighted by atomic mass is 35.5. The van der Waals surface area contributed by atoms with Crippen molar-refractivity contribution in [3.8, 4) is 0 Å². The number of carbonyl (C=O) groups is 2. The van der Waals surface area contributed by atoms with Crippen molar-refractivity contribution < 1.29 is 18.0 Å². The molecule has 0 unspecified atom stereocenters.